The molecular weight excluding hydrogens is 372 g/mol. The zero-order chi connectivity index (χ0) is 21.3. The quantitative estimate of drug-likeness (QED) is 0.645. The molecule has 0 bridgehead atoms. The summed E-state index contributed by atoms with van der Waals surface area (Å²) in [6.07, 6.45) is 1.97. The molecule has 0 spiro atoms. The fourth-order valence-electron chi connectivity index (χ4n) is 4.46. The molecule has 1 fully saturated rings. The first-order valence-electron chi connectivity index (χ1n) is 11.0. The Balaban J connectivity index is 1.46. The van der Waals surface area contributed by atoms with Crippen molar-refractivity contribution >= 4 is 22.6 Å². The van der Waals surface area contributed by atoms with Crippen LogP contribution in [0.25, 0.3) is 11.0 Å². The summed E-state index contributed by atoms with van der Waals surface area (Å²) in [6.45, 7) is 11.1. The number of amides is 1. The number of piperidine rings is 1. The minimum absolute atomic E-state index is 0.0113. The van der Waals surface area contributed by atoms with Crippen LogP contribution in [0.5, 0.6) is 0 Å². The predicted octanol–water partition coefficient (Wildman–Crippen LogP) is 5.08. The molecule has 3 aromatic rings. The number of hydrogen-bond donors (Lipinski definition) is 1. The second-order valence-corrected chi connectivity index (χ2v) is 8.84. The molecular formula is C25H32N4O. The number of benzene rings is 2. The van der Waals surface area contributed by atoms with Crippen LogP contribution in [0.4, 0.5) is 5.69 Å². The first-order chi connectivity index (χ1) is 14.4. The zero-order valence-electron chi connectivity index (χ0n) is 18.5. The molecule has 1 atom stereocenters. The average Bonchev–Trinajstić information content (AvgIpc) is 3.09. The lowest BCUT2D eigenvalue weighted by Gasteiger charge is -2.32. The molecule has 2 aromatic carbocycles. The molecule has 1 amide bonds. The van der Waals surface area contributed by atoms with Crippen LogP contribution in [-0.2, 0) is 11.3 Å². The van der Waals surface area contributed by atoms with Crippen molar-refractivity contribution in [2.45, 2.75) is 53.1 Å². The van der Waals surface area contributed by atoms with Gasteiger partial charge >= 0.3 is 0 Å². The van der Waals surface area contributed by atoms with Crippen LogP contribution in [0, 0.1) is 19.8 Å². The van der Waals surface area contributed by atoms with Crippen molar-refractivity contribution in [1.29, 1.82) is 0 Å². The maximum atomic E-state index is 12.9. The van der Waals surface area contributed by atoms with Gasteiger partial charge in [0.2, 0.25) is 5.91 Å². The van der Waals surface area contributed by atoms with Gasteiger partial charge in [-0.25, -0.2) is 4.98 Å². The van der Waals surface area contributed by atoms with E-state index in [1.807, 2.05) is 12.1 Å². The Hall–Kier alpha value is -2.66. The van der Waals surface area contributed by atoms with Crippen LogP contribution in [-0.4, -0.2) is 33.4 Å². The Morgan fingerprint density at radius 3 is 2.73 bits per heavy atom. The van der Waals surface area contributed by atoms with E-state index < -0.39 is 0 Å². The first kappa shape index (κ1) is 20.6. The smallest absolute Gasteiger partial charge is 0.228 e. The van der Waals surface area contributed by atoms with E-state index in [0.29, 0.717) is 6.04 Å². The largest absolute Gasteiger partial charge is 0.326 e. The van der Waals surface area contributed by atoms with E-state index in [1.165, 1.54) is 16.6 Å². The van der Waals surface area contributed by atoms with Gasteiger partial charge in [-0.15, -0.1) is 0 Å². The third-order valence-electron chi connectivity index (χ3n) is 6.20. The van der Waals surface area contributed by atoms with Crippen LogP contribution >= 0.6 is 0 Å². The monoisotopic (exact) mass is 404 g/mol. The van der Waals surface area contributed by atoms with Crippen LogP contribution in [0.2, 0.25) is 0 Å². The van der Waals surface area contributed by atoms with Gasteiger partial charge in [-0.3, -0.25) is 9.69 Å². The molecule has 1 aliphatic heterocycles. The Morgan fingerprint density at radius 2 is 1.97 bits per heavy atom. The number of aromatic nitrogens is 2. The molecule has 0 saturated carbocycles. The standard InChI is InChI=1S/C25H32N4O/c1-17(2)29-23-10-6-5-9-22(23)27-24(29)16-28-13-7-8-20(15-28)25(30)26-21-12-11-18(3)19(4)14-21/h5-6,9-12,14,17,20H,7-8,13,15-16H2,1-4H3,(H,26,30)/t20-/m0/s1. The molecule has 1 aromatic heterocycles. The second-order valence-electron chi connectivity index (χ2n) is 8.84. The number of imidazole rings is 1. The number of rotatable bonds is 5. The summed E-state index contributed by atoms with van der Waals surface area (Å²) in [5, 5.41) is 3.13. The summed E-state index contributed by atoms with van der Waals surface area (Å²) in [5.74, 6) is 1.22. The fourth-order valence-corrected chi connectivity index (χ4v) is 4.46. The number of carbonyl (C=O) groups excluding carboxylic acids is 1. The number of nitrogens with zero attached hydrogens (tertiary/aromatic N) is 3. The minimum Gasteiger partial charge on any atom is -0.326 e. The average molecular weight is 405 g/mol. The highest BCUT2D eigenvalue weighted by atomic mass is 16.1. The van der Waals surface area contributed by atoms with E-state index in [1.54, 1.807) is 0 Å². The minimum atomic E-state index is 0.0113. The summed E-state index contributed by atoms with van der Waals surface area (Å²) >= 11 is 0. The third kappa shape index (κ3) is 4.26. The van der Waals surface area contributed by atoms with Crippen molar-refractivity contribution < 1.29 is 4.79 Å². The van der Waals surface area contributed by atoms with Crippen molar-refractivity contribution in [2.75, 3.05) is 18.4 Å². The van der Waals surface area contributed by atoms with E-state index in [9.17, 15) is 4.79 Å². The fraction of sp³-hybridized carbons (Fsp3) is 0.440. The van der Waals surface area contributed by atoms with E-state index in [4.69, 9.17) is 4.98 Å². The van der Waals surface area contributed by atoms with Crippen molar-refractivity contribution in [3.8, 4) is 0 Å². The predicted molar refractivity (Wildman–Crippen MR) is 123 cm³/mol. The second kappa shape index (κ2) is 8.60. The Morgan fingerprint density at radius 1 is 1.17 bits per heavy atom. The molecule has 0 radical (unpaired) electrons. The first-order valence-corrected chi connectivity index (χ1v) is 11.0. The zero-order valence-corrected chi connectivity index (χ0v) is 18.5. The Labute approximate surface area is 179 Å². The van der Waals surface area contributed by atoms with E-state index >= 15 is 0 Å². The molecule has 0 aliphatic carbocycles. The molecule has 4 rings (SSSR count). The number of aryl methyl sites for hydroxylation is 2. The number of nitrogens with one attached hydrogen (secondary N) is 1. The maximum absolute atomic E-state index is 12.9. The summed E-state index contributed by atoms with van der Waals surface area (Å²) < 4.78 is 2.33. The van der Waals surface area contributed by atoms with Crippen molar-refractivity contribution in [3.63, 3.8) is 0 Å². The molecule has 2 heterocycles. The van der Waals surface area contributed by atoms with Gasteiger partial charge in [0.15, 0.2) is 0 Å². The van der Waals surface area contributed by atoms with Gasteiger partial charge in [0, 0.05) is 18.3 Å². The van der Waals surface area contributed by atoms with Crippen molar-refractivity contribution in [2.24, 2.45) is 5.92 Å². The van der Waals surface area contributed by atoms with Gasteiger partial charge in [0.25, 0.3) is 0 Å². The molecule has 5 nitrogen and oxygen atoms in total. The molecule has 30 heavy (non-hydrogen) atoms. The summed E-state index contributed by atoms with van der Waals surface area (Å²) in [7, 11) is 0. The van der Waals surface area contributed by atoms with Gasteiger partial charge in [-0.05, 0) is 82.5 Å². The Bertz CT molecular complexity index is 1050. The van der Waals surface area contributed by atoms with Gasteiger partial charge in [-0.1, -0.05) is 18.2 Å². The van der Waals surface area contributed by atoms with Gasteiger partial charge in [0.1, 0.15) is 5.82 Å². The summed E-state index contributed by atoms with van der Waals surface area (Å²) in [5.41, 5.74) is 5.56. The lowest BCUT2D eigenvalue weighted by Crippen LogP contribution is -2.40. The van der Waals surface area contributed by atoms with Gasteiger partial charge < -0.3 is 9.88 Å². The molecule has 1 N–H and O–H groups in total. The molecule has 1 saturated heterocycles. The molecule has 1 aliphatic rings. The van der Waals surface area contributed by atoms with E-state index in [2.05, 4.69) is 72.8 Å². The van der Waals surface area contributed by atoms with Crippen molar-refractivity contribution in [1.82, 2.24) is 14.5 Å². The summed E-state index contributed by atoms with van der Waals surface area (Å²) in [4.78, 5) is 20.2. The molecule has 5 heteroatoms. The van der Waals surface area contributed by atoms with Crippen LogP contribution in [0.15, 0.2) is 42.5 Å². The number of anilines is 1. The van der Waals surface area contributed by atoms with Gasteiger partial charge in [-0.2, -0.15) is 0 Å². The van der Waals surface area contributed by atoms with E-state index in [-0.39, 0.29) is 11.8 Å². The molecule has 0 unspecified atom stereocenters. The highest BCUT2D eigenvalue weighted by molar-refractivity contribution is 5.92. The molecule has 158 valence electrons. The lowest BCUT2D eigenvalue weighted by molar-refractivity contribution is -0.121. The number of carbonyl (C=O) groups is 1. The number of likely N-dealkylation sites (tertiary alicyclic amines) is 1. The van der Waals surface area contributed by atoms with Crippen LogP contribution < -0.4 is 5.32 Å². The lowest BCUT2D eigenvalue weighted by atomic mass is 9.97. The number of hydrogen-bond acceptors (Lipinski definition) is 3. The Kier molecular flexibility index (Phi) is 5.91. The van der Waals surface area contributed by atoms with Crippen LogP contribution in [0.1, 0.15) is 49.7 Å². The van der Waals surface area contributed by atoms with E-state index in [0.717, 1.165) is 49.5 Å². The highest BCUT2D eigenvalue weighted by Crippen LogP contribution is 2.25. The van der Waals surface area contributed by atoms with Crippen molar-refractivity contribution in [3.05, 3.63) is 59.4 Å². The topological polar surface area (TPSA) is 50.2 Å². The third-order valence-corrected chi connectivity index (χ3v) is 6.20. The summed E-state index contributed by atoms with van der Waals surface area (Å²) in [6, 6.07) is 14.8. The maximum Gasteiger partial charge on any atom is 0.228 e. The number of para-hydroxylation sites is 2. The highest BCUT2D eigenvalue weighted by Gasteiger charge is 2.27. The SMILES string of the molecule is Cc1ccc(NC(=O)[C@H]2CCCN(Cc3nc4ccccc4n3C(C)C)C2)cc1C. The van der Waals surface area contributed by atoms with Crippen LogP contribution in [0.3, 0.4) is 0 Å². The number of fused-ring (bicyclic) bond motifs is 1. The van der Waals surface area contributed by atoms with Gasteiger partial charge in [0.05, 0.1) is 23.5 Å². The normalized spacial score (nSPS) is 17.6.